The van der Waals surface area contributed by atoms with E-state index in [9.17, 15) is 0 Å². The molecule has 0 spiro atoms. The van der Waals surface area contributed by atoms with Gasteiger partial charge in [-0.25, -0.2) is 5.10 Å². The number of aromatic amines is 1. The van der Waals surface area contributed by atoms with Gasteiger partial charge in [-0.05, 0) is 89.1 Å². The van der Waals surface area contributed by atoms with Crippen molar-refractivity contribution in [2.45, 2.75) is 59.8 Å². The molecule has 0 atom stereocenters. The highest BCUT2D eigenvalue weighted by atomic mass is 16.5. The zero-order valence-electron chi connectivity index (χ0n) is 20.9. The molecule has 1 aliphatic rings. The molecule has 0 aliphatic carbocycles. The van der Waals surface area contributed by atoms with E-state index >= 15 is 0 Å². The number of hydrogen-bond donors (Lipinski definition) is 1. The molecule has 7 nitrogen and oxygen atoms in total. The second-order valence-electron chi connectivity index (χ2n) is 10.2. The number of hydrogen-bond acceptors (Lipinski definition) is 6. The van der Waals surface area contributed by atoms with Crippen molar-refractivity contribution >= 4 is 5.69 Å². The summed E-state index contributed by atoms with van der Waals surface area (Å²) in [5.74, 6) is 2.57. The van der Waals surface area contributed by atoms with Crippen molar-refractivity contribution in [2.24, 2.45) is 5.41 Å². The van der Waals surface area contributed by atoms with E-state index in [2.05, 4.69) is 65.4 Å². The Balaban J connectivity index is 1.25. The van der Waals surface area contributed by atoms with E-state index in [0.29, 0.717) is 24.5 Å². The lowest BCUT2D eigenvalue weighted by atomic mass is 9.95. The summed E-state index contributed by atoms with van der Waals surface area (Å²) in [5, 5.41) is 13.9. The molecule has 2 heterocycles. The number of rotatable bonds is 11. The quantitative estimate of drug-likeness (QED) is 0.380. The van der Waals surface area contributed by atoms with Crippen molar-refractivity contribution in [1.29, 1.82) is 0 Å². The van der Waals surface area contributed by atoms with E-state index in [4.69, 9.17) is 9.47 Å². The monoisotopic (exact) mass is 463 g/mol. The number of unbranched alkanes of at least 4 members (excludes halogenated alkanes) is 1. The Bertz CT molecular complexity index is 1040. The van der Waals surface area contributed by atoms with Gasteiger partial charge >= 0.3 is 0 Å². The van der Waals surface area contributed by atoms with E-state index in [-0.39, 0.29) is 0 Å². The van der Waals surface area contributed by atoms with Gasteiger partial charge in [-0.15, -0.1) is 5.10 Å². The van der Waals surface area contributed by atoms with Gasteiger partial charge in [0, 0.05) is 24.3 Å². The molecule has 0 radical (unpaired) electrons. The number of anilines is 1. The summed E-state index contributed by atoms with van der Waals surface area (Å²) >= 11 is 0. The van der Waals surface area contributed by atoms with E-state index in [0.717, 1.165) is 62.3 Å². The van der Waals surface area contributed by atoms with Gasteiger partial charge in [-0.2, -0.15) is 0 Å². The highest BCUT2D eigenvalue weighted by Gasteiger charge is 2.26. The smallest absolute Gasteiger partial charge is 0.179 e. The molecule has 0 unspecified atom stereocenters. The molecule has 0 amide bonds. The second-order valence-corrected chi connectivity index (χ2v) is 10.2. The van der Waals surface area contributed by atoms with Gasteiger partial charge in [0.15, 0.2) is 5.82 Å². The van der Waals surface area contributed by atoms with Crippen LogP contribution in [0.5, 0.6) is 11.5 Å². The van der Waals surface area contributed by atoms with Crippen LogP contribution in [0.25, 0.3) is 11.4 Å². The molecule has 0 saturated heterocycles. The van der Waals surface area contributed by atoms with Gasteiger partial charge in [-0.1, -0.05) is 34.1 Å². The molecule has 0 fully saturated rings. The third kappa shape index (κ3) is 6.07. The van der Waals surface area contributed by atoms with Crippen molar-refractivity contribution in [2.75, 3.05) is 31.2 Å². The second kappa shape index (κ2) is 10.9. The summed E-state index contributed by atoms with van der Waals surface area (Å²) in [6, 6.07) is 12.2. The first-order valence-electron chi connectivity index (χ1n) is 12.4. The summed E-state index contributed by atoms with van der Waals surface area (Å²) in [4.78, 5) is 2.55. The number of benzene rings is 2. The minimum Gasteiger partial charge on any atom is -0.494 e. The average molecular weight is 464 g/mol. The highest BCUT2D eigenvalue weighted by Crippen LogP contribution is 2.38. The van der Waals surface area contributed by atoms with Gasteiger partial charge in [-0.3, -0.25) is 0 Å². The number of nitrogens with one attached hydrogen (secondary N) is 1. The molecule has 3 aromatic rings. The molecule has 34 heavy (non-hydrogen) atoms. The average Bonchev–Trinajstić information content (AvgIpc) is 3.48. The number of H-pyrrole nitrogens is 1. The van der Waals surface area contributed by atoms with Gasteiger partial charge in [0.25, 0.3) is 0 Å². The fourth-order valence-corrected chi connectivity index (χ4v) is 4.56. The zero-order chi connectivity index (χ0) is 24.0. The number of fused-ring (bicyclic) bond motifs is 1. The predicted molar refractivity (Wildman–Crippen MR) is 136 cm³/mol. The normalized spacial score (nSPS) is 13.2. The predicted octanol–water partition coefficient (Wildman–Crippen LogP) is 5.47. The van der Waals surface area contributed by atoms with Crippen LogP contribution in [0.1, 0.15) is 58.1 Å². The summed E-state index contributed by atoms with van der Waals surface area (Å²) < 4.78 is 12.1. The van der Waals surface area contributed by atoms with Crippen LogP contribution in [0.3, 0.4) is 0 Å². The van der Waals surface area contributed by atoms with Crippen molar-refractivity contribution in [3.05, 3.63) is 47.5 Å². The van der Waals surface area contributed by atoms with Crippen molar-refractivity contribution < 1.29 is 9.47 Å². The molecule has 2 aromatic carbocycles. The first kappa shape index (κ1) is 24.0. The molecule has 7 heteroatoms. The summed E-state index contributed by atoms with van der Waals surface area (Å²) in [5.41, 5.74) is 5.54. The molecular formula is C27H37N5O2. The third-order valence-corrected chi connectivity index (χ3v) is 6.04. The summed E-state index contributed by atoms with van der Waals surface area (Å²) in [6.07, 6.45) is 5.23. The van der Waals surface area contributed by atoms with Crippen LogP contribution in [-0.4, -0.2) is 46.9 Å². The largest absolute Gasteiger partial charge is 0.494 e. The number of ether oxygens (including phenoxy) is 2. The molecule has 4 rings (SSSR count). The lowest BCUT2D eigenvalue weighted by molar-refractivity contribution is 0.265. The Hall–Kier alpha value is -3.09. The standard InChI is InChI=1S/C27H37N5O2/c1-5-8-23-22-15-16-32(19-27(2,3)4)24(22)13-14-25(23)34-18-7-6-17-33-21-11-9-20(10-12-21)26-28-30-31-29-26/h9-14H,5-8,15-19H2,1-4H3,(H,28,29,30,31). The first-order valence-corrected chi connectivity index (χ1v) is 12.4. The summed E-state index contributed by atoms with van der Waals surface area (Å²) in [6.45, 7) is 12.8. The van der Waals surface area contributed by atoms with Gasteiger partial charge in [0.05, 0.1) is 13.2 Å². The molecule has 0 saturated carbocycles. The first-order chi connectivity index (χ1) is 16.4. The Labute approximate surface area is 202 Å². The van der Waals surface area contributed by atoms with Crippen LogP contribution in [0, 0.1) is 5.41 Å². The number of aromatic nitrogens is 4. The zero-order valence-corrected chi connectivity index (χ0v) is 20.9. The van der Waals surface area contributed by atoms with Crippen LogP contribution in [0.4, 0.5) is 5.69 Å². The fraction of sp³-hybridized carbons (Fsp3) is 0.519. The molecule has 1 aliphatic heterocycles. The Kier molecular flexibility index (Phi) is 7.70. The van der Waals surface area contributed by atoms with Crippen molar-refractivity contribution in [3.8, 4) is 22.9 Å². The maximum Gasteiger partial charge on any atom is 0.179 e. The van der Waals surface area contributed by atoms with Crippen molar-refractivity contribution in [3.63, 3.8) is 0 Å². The lowest BCUT2D eigenvalue weighted by Gasteiger charge is -2.29. The van der Waals surface area contributed by atoms with Gasteiger partial charge in [0.2, 0.25) is 0 Å². The van der Waals surface area contributed by atoms with Crippen LogP contribution >= 0.6 is 0 Å². The van der Waals surface area contributed by atoms with E-state index in [1.54, 1.807) is 0 Å². The Morgan fingerprint density at radius 2 is 1.76 bits per heavy atom. The van der Waals surface area contributed by atoms with Gasteiger partial charge < -0.3 is 14.4 Å². The number of tetrazole rings is 1. The molecular weight excluding hydrogens is 426 g/mol. The van der Waals surface area contributed by atoms with Crippen LogP contribution in [0.2, 0.25) is 0 Å². The SMILES string of the molecule is CCCc1c(OCCCCOc2ccc(-c3nnn[nH]3)cc2)ccc2c1CCN2CC(C)(C)C. The Morgan fingerprint density at radius 3 is 2.44 bits per heavy atom. The molecule has 1 aromatic heterocycles. The fourth-order valence-electron chi connectivity index (χ4n) is 4.56. The topological polar surface area (TPSA) is 76.2 Å². The third-order valence-electron chi connectivity index (χ3n) is 6.04. The van der Waals surface area contributed by atoms with Crippen molar-refractivity contribution in [1.82, 2.24) is 20.6 Å². The minimum absolute atomic E-state index is 0.292. The van der Waals surface area contributed by atoms with E-state index in [1.807, 2.05) is 24.3 Å². The van der Waals surface area contributed by atoms with E-state index < -0.39 is 0 Å². The highest BCUT2D eigenvalue weighted by molar-refractivity contribution is 5.64. The molecule has 0 bridgehead atoms. The summed E-state index contributed by atoms with van der Waals surface area (Å²) in [7, 11) is 0. The maximum atomic E-state index is 6.26. The van der Waals surface area contributed by atoms with Crippen LogP contribution in [-0.2, 0) is 12.8 Å². The van der Waals surface area contributed by atoms with E-state index in [1.165, 1.54) is 16.8 Å². The lowest BCUT2D eigenvalue weighted by Crippen LogP contribution is -2.31. The Morgan fingerprint density at radius 1 is 1.00 bits per heavy atom. The maximum absolute atomic E-state index is 6.26. The number of nitrogens with zero attached hydrogens (tertiary/aromatic N) is 4. The van der Waals surface area contributed by atoms with Crippen LogP contribution < -0.4 is 14.4 Å². The molecule has 182 valence electrons. The van der Waals surface area contributed by atoms with Gasteiger partial charge in [0.1, 0.15) is 11.5 Å². The van der Waals surface area contributed by atoms with Crippen LogP contribution in [0.15, 0.2) is 36.4 Å². The molecule has 1 N–H and O–H groups in total. The minimum atomic E-state index is 0.292.